The van der Waals surface area contributed by atoms with Gasteiger partial charge in [-0.25, -0.2) is 4.52 Å². The highest BCUT2D eigenvalue weighted by atomic mass is 16.5. The van der Waals surface area contributed by atoms with E-state index in [9.17, 15) is 0 Å². The van der Waals surface area contributed by atoms with E-state index in [2.05, 4.69) is 31.0 Å². The normalized spacial score (nSPS) is 16.7. The maximum absolute atomic E-state index is 5.45. The van der Waals surface area contributed by atoms with Crippen molar-refractivity contribution in [3.05, 3.63) is 30.1 Å². The van der Waals surface area contributed by atoms with Crippen LogP contribution >= 0.6 is 0 Å². The van der Waals surface area contributed by atoms with E-state index in [0.29, 0.717) is 0 Å². The molecule has 1 aliphatic heterocycles. The van der Waals surface area contributed by atoms with E-state index >= 15 is 0 Å². The van der Waals surface area contributed by atoms with Crippen LogP contribution < -0.4 is 4.90 Å². The zero-order valence-electron chi connectivity index (χ0n) is 12.4. The third-order valence-electron chi connectivity index (χ3n) is 4.17. The number of aromatic nitrogens is 2. The van der Waals surface area contributed by atoms with Crippen LogP contribution in [-0.4, -0.2) is 36.4 Å². The van der Waals surface area contributed by atoms with Crippen molar-refractivity contribution >= 4 is 11.2 Å². The Morgan fingerprint density at radius 2 is 2.15 bits per heavy atom. The lowest BCUT2D eigenvalue weighted by atomic mass is 9.99. The van der Waals surface area contributed by atoms with Gasteiger partial charge in [0, 0.05) is 33.0 Å². The van der Waals surface area contributed by atoms with Crippen molar-refractivity contribution in [3.63, 3.8) is 0 Å². The number of anilines is 1. The minimum absolute atomic E-state index is 0.733. The zero-order chi connectivity index (χ0) is 13.9. The molecule has 0 aliphatic carbocycles. The van der Waals surface area contributed by atoms with E-state index in [1.54, 1.807) is 0 Å². The number of fused-ring (bicyclic) bond motifs is 1. The molecule has 3 heterocycles. The Labute approximate surface area is 120 Å². The van der Waals surface area contributed by atoms with E-state index in [-0.39, 0.29) is 0 Å². The van der Waals surface area contributed by atoms with Crippen LogP contribution in [0.1, 0.15) is 25.5 Å². The summed E-state index contributed by atoms with van der Waals surface area (Å²) in [6.45, 7) is 5.09. The predicted molar refractivity (Wildman–Crippen MR) is 81.4 cm³/mol. The average molecular weight is 273 g/mol. The summed E-state index contributed by atoms with van der Waals surface area (Å²) in [6, 6.07) is 6.27. The highest BCUT2D eigenvalue weighted by Crippen LogP contribution is 2.28. The van der Waals surface area contributed by atoms with Crippen LogP contribution in [0, 0.1) is 5.92 Å². The zero-order valence-corrected chi connectivity index (χ0v) is 12.4. The highest BCUT2D eigenvalue weighted by Gasteiger charge is 2.20. The minimum atomic E-state index is 0.733. The Bertz CT molecular complexity index is 572. The topological polar surface area (TPSA) is 29.8 Å². The molecule has 0 bridgehead atoms. The molecule has 0 radical (unpaired) electrons. The van der Waals surface area contributed by atoms with Crippen LogP contribution in [-0.2, 0) is 11.2 Å². The summed E-state index contributed by atoms with van der Waals surface area (Å²) in [6.07, 6.45) is 5.34. The molecule has 0 unspecified atom stereocenters. The Kier molecular flexibility index (Phi) is 3.92. The number of nitrogens with zero attached hydrogens (tertiary/aromatic N) is 3. The fourth-order valence-electron chi connectivity index (χ4n) is 3.10. The summed E-state index contributed by atoms with van der Waals surface area (Å²) in [5, 5.41) is 4.70. The van der Waals surface area contributed by atoms with Gasteiger partial charge in [0.1, 0.15) is 0 Å². The molecular formula is C16H23N3O. The molecule has 2 aromatic rings. The fourth-order valence-corrected chi connectivity index (χ4v) is 3.10. The van der Waals surface area contributed by atoms with Crippen LogP contribution in [0.5, 0.6) is 0 Å². The second-order valence-corrected chi connectivity index (χ2v) is 5.62. The van der Waals surface area contributed by atoms with Crippen molar-refractivity contribution in [3.8, 4) is 0 Å². The Morgan fingerprint density at radius 1 is 1.35 bits per heavy atom. The molecule has 1 aliphatic rings. The quantitative estimate of drug-likeness (QED) is 0.858. The number of pyridine rings is 1. The third-order valence-corrected chi connectivity index (χ3v) is 4.17. The van der Waals surface area contributed by atoms with Gasteiger partial charge >= 0.3 is 0 Å². The second-order valence-electron chi connectivity index (χ2n) is 5.62. The maximum Gasteiger partial charge on any atom is 0.0898 e. The molecule has 0 saturated carbocycles. The summed E-state index contributed by atoms with van der Waals surface area (Å²) in [7, 11) is 2.19. The van der Waals surface area contributed by atoms with Crippen molar-refractivity contribution in [1.29, 1.82) is 0 Å². The number of ether oxygens (including phenoxy) is 1. The molecule has 0 amide bonds. The molecule has 0 atom stereocenters. The Balaban J connectivity index is 1.87. The first-order chi connectivity index (χ1) is 9.79. The van der Waals surface area contributed by atoms with E-state index in [4.69, 9.17) is 9.84 Å². The molecule has 2 aromatic heterocycles. The molecule has 0 spiro atoms. The molecule has 4 nitrogen and oxygen atoms in total. The lowest BCUT2D eigenvalue weighted by molar-refractivity contribution is 0.0685. The van der Waals surface area contributed by atoms with Gasteiger partial charge in [0.25, 0.3) is 0 Å². The van der Waals surface area contributed by atoms with Crippen molar-refractivity contribution in [1.82, 2.24) is 9.61 Å². The third kappa shape index (κ3) is 2.52. The monoisotopic (exact) mass is 273 g/mol. The average Bonchev–Trinajstić information content (AvgIpc) is 2.86. The molecule has 108 valence electrons. The Morgan fingerprint density at radius 3 is 2.90 bits per heavy atom. The standard InChI is InChI=1S/C16H23N3O/c1-3-14-16(15-6-4-5-9-19(15)17-14)18(2)12-13-7-10-20-11-8-13/h4-6,9,13H,3,7-8,10-12H2,1-2H3. The maximum atomic E-state index is 5.45. The summed E-state index contributed by atoms with van der Waals surface area (Å²) in [5.74, 6) is 0.733. The number of rotatable bonds is 4. The van der Waals surface area contributed by atoms with Gasteiger partial charge < -0.3 is 9.64 Å². The van der Waals surface area contributed by atoms with E-state index in [0.717, 1.165) is 32.1 Å². The first kappa shape index (κ1) is 13.4. The largest absolute Gasteiger partial charge is 0.381 e. The van der Waals surface area contributed by atoms with E-state index in [1.807, 2.05) is 16.8 Å². The summed E-state index contributed by atoms with van der Waals surface area (Å²) < 4.78 is 7.45. The molecule has 3 rings (SSSR count). The SMILES string of the molecule is CCc1nn2ccccc2c1N(C)CC1CCOCC1. The number of aryl methyl sites for hydroxylation is 1. The first-order valence-corrected chi connectivity index (χ1v) is 7.54. The molecule has 20 heavy (non-hydrogen) atoms. The van der Waals surface area contributed by atoms with Crippen molar-refractivity contribution in [2.45, 2.75) is 26.2 Å². The lowest BCUT2D eigenvalue weighted by Crippen LogP contribution is -2.30. The van der Waals surface area contributed by atoms with Gasteiger partial charge in [-0.15, -0.1) is 0 Å². The van der Waals surface area contributed by atoms with Gasteiger partial charge in [0.15, 0.2) is 0 Å². The summed E-state index contributed by atoms with van der Waals surface area (Å²) in [5.41, 5.74) is 3.68. The molecule has 1 fully saturated rings. The van der Waals surface area contributed by atoms with Gasteiger partial charge in [0.2, 0.25) is 0 Å². The van der Waals surface area contributed by atoms with Gasteiger partial charge in [-0.05, 0) is 37.3 Å². The van der Waals surface area contributed by atoms with Gasteiger partial charge in [-0.1, -0.05) is 13.0 Å². The van der Waals surface area contributed by atoms with Gasteiger partial charge in [-0.3, -0.25) is 0 Å². The van der Waals surface area contributed by atoms with Crippen molar-refractivity contribution < 1.29 is 4.74 Å². The molecular weight excluding hydrogens is 250 g/mol. The van der Waals surface area contributed by atoms with Crippen LogP contribution in [0.15, 0.2) is 24.4 Å². The lowest BCUT2D eigenvalue weighted by Gasteiger charge is -2.28. The highest BCUT2D eigenvalue weighted by molar-refractivity contribution is 5.75. The van der Waals surface area contributed by atoms with Crippen LogP contribution in [0.2, 0.25) is 0 Å². The Hall–Kier alpha value is -1.55. The smallest absolute Gasteiger partial charge is 0.0898 e. The fraction of sp³-hybridized carbons (Fsp3) is 0.562. The van der Waals surface area contributed by atoms with Crippen molar-refractivity contribution in [2.75, 3.05) is 31.7 Å². The van der Waals surface area contributed by atoms with Crippen molar-refractivity contribution in [2.24, 2.45) is 5.92 Å². The predicted octanol–water partition coefficient (Wildman–Crippen LogP) is 2.76. The van der Waals surface area contributed by atoms with Gasteiger partial charge in [0.05, 0.1) is 16.9 Å². The summed E-state index contributed by atoms with van der Waals surface area (Å²) in [4.78, 5) is 2.39. The molecule has 0 N–H and O–H groups in total. The van der Waals surface area contributed by atoms with E-state index in [1.165, 1.54) is 29.7 Å². The number of hydrogen-bond donors (Lipinski definition) is 0. The van der Waals surface area contributed by atoms with Crippen LogP contribution in [0.4, 0.5) is 5.69 Å². The second kappa shape index (κ2) is 5.83. The molecule has 4 heteroatoms. The van der Waals surface area contributed by atoms with Gasteiger partial charge in [-0.2, -0.15) is 5.10 Å². The first-order valence-electron chi connectivity index (χ1n) is 7.54. The molecule has 0 aromatic carbocycles. The van der Waals surface area contributed by atoms with E-state index < -0.39 is 0 Å². The molecule has 1 saturated heterocycles. The minimum Gasteiger partial charge on any atom is -0.381 e. The number of hydrogen-bond acceptors (Lipinski definition) is 3. The van der Waals surface area contributed by atoms with Crippen LogP contribution in [0.25, 0.3) is 5.52 Å². The summed E-state index contributed by atoms with van der Waals surface area (Å²) >= 11 is 0. The van der Waals surface area contributed by atoms with Crippen LogP contribution in [0.3, 0.4) is 0 Å².